The zero-order valence-corrected chi connectivity index (χ0v) is 6.10. The van der Waals surface area contributed by atoms with E-state index in [1.54, 1.807) is 0 Å². The molecule has 3 heteroatoms. The Balaban J connectivity index is 1.83. The van der Waals surface area contributed by atoms with E-state index in [0.29, 0.717) is 12.1 Å². The maximum Gasteiger partial charge on any atom is 0.0635 e. The normalized spacial score (nSPS) is 40.8. The largest absolute Gasteiger partial charge is 0.380 e. The van der Waals surface area contributed by atoms with Gasteiger partial charge >= 0.3 is 0 Å². The number of rotatable bonds is 0. The highest BCUT2D eigenvalue weighted by Crippen LogP contribution is 2.06. The van der Waals surface area contributed by atoms with Crippen LogP contribution in [0.2, 0.25) is 0 Å². The van der Waals surface area contributed by atoms with Crippen LogP contribution in [0.5, 0.6) is 0 Å². The Kier molecular flexibility index (Phi) is 1.88. The molecule has 2 N–H and O–H groups in total. The molecule has 0 aromatic carbocycles. The average Bonchev–Trinajstić information content (AvgIpc) is 1.89. The zero-order valence-electron chi connectivity index (χ0n) is 6.10. The van der Waals surface area contributed by atoms with Crippen molar-refractivity contribution in [1.29, 1.82) is 0 Å². The lowest BCUT2D eigenvalue weighted by Gasteiger charge is -2.39. The maximum atomic E-state index is 5.41. The van der Waals surface area contributed by atoms with Crippen LogP contribution < -0.4 is 10.6 Å². The fraction of sp³-hybridized carbons (Fsp3) is 1.00. The first-order chi connectivity index (χ1) is 4.97. The Hall–Kier alpha value is -0.120. The van der Waals surface area contributed by atoms with Gasteiger partial charge in [-0.3, -0.25) is 0 Å². The van der Waals surface area contributed by atoms with Crippen molar-refractivity contribution < 1.29 is 4.74 Å². The van der Waals surface area contributed by atoms with Crippen LogP contribution in [0.1, 0.15) is 6.42 Å². The molecule has 2 rings (SSSR count). The van der Waals surface area contributed by atoms with E-state index in [0.717, 1.165) is 32.7 Å². The fourth-order valence-electron chi connectivity index (χ4n) is 1.46. The molecule has 0 aromatic rings. The highest BCUT2D eigenvalue weighted by molar-refractivity contribution is 4.94. The number of hydrogen-bond acceptors (Lipinski definition) is 3. The third-order valence-electron chi connectivity index (χ3n) is 2.26. The number of nitrogens with one attached hydrogen (secondary N) is 2. The number of hydrogen-bond donors (Lipinski definition) is 2. The molecule has 0 saturated carbocycles. The van der Waals surface area contributed by atoms with Gasteiger partial charge in [0.1, 0.15) is 0 Å². The predicted molar refractivity (Wildman–Crippen MR) is 39.0 cm³/mol. The Morgan fingerprint density at radius 3 is 3.00 bits per heavy atom. The highest BCUT2D eigenvalue weighted by atomic mass is 16.5. The first-order valence-corrected chi connectivity index (χ1v) is 4.01. The molecule has 0 bridgehead atoms. The second-order valence-electron chi connectivity index (χ2n) is 3.00. The predicted octanol–water partition coefficient (Wildman–Crippen LogP) is -0.663. The summed E-state index contributed by atoms with van der Waals surface area (Å²) in [5.74, 6) is 0. The minimum absolute atomic E-state index is 0.584. The molecule has 58 valence electrons. The van der Waals surface area contributed by atoms with Gasteiger partial charge in [-0.25, -0.2) is 0 Å². The fourth-order valence-corrected chi connectivity index (χ4v) is 1.46. The van der Waals surface area contributed by atoms with Crippen molar-refractivity contribution in [3.8, 4) is 0 Å². The molecule has 0 aliphatic carbocycles. The van der Waals surface area contributed by atoms with E-state index in [-0.39, 0.29) is 0 Å². The molecule has 0 aromatic heterocycles. The van der Waals surface area contributed by atoms with Crippen molar-refractivity contribution in [2.45, 2.75) is 18.5 Å². The van der Waals surface area contributed by atoms with Gasteiger partial charge in [0.25, 0.3) is 0 Å². The lowest BCUT2D eigenvalue weighted by Crippen LogP contribution is -2.66. The minimum Gasteiger partial charge on any atom is -0.380 e. The average molecular weight is 142 g/mol. The Morgan fingerprint density at radius 1 is 1.20 bits per heavy atom. The highest BCUT2D eigenvalue weighted by Gasteiger charge is 2.30. The zero-order chi connectivity index (χ0) is 6.81. The molecule has 2 fully saturated rings. The molecule has 2 unspecified atom stereocenters. The molecule has 2 heterocycles. The molecule has 10 heavy (non-hydrogen) atoms. The first-order valence-electron chi connectivity index (χ1n) is 4.01. The van der Waals surface area contributed by atoms with Crippen LogP contribution >= 0.6 is 0 Å². The molecule has 0 spiro atoms. The summed E-state index contributed by atoms with van der Waals surface area (Å²) >= 11 is 0. The smallest absolute Gasteiger partial charge is 0.0635 e. The Morgan fingerprint density at radius 2 is 2.20 bits per heavy atom. The molecule has 2 atom stereocenters. The lowest BCUT2D eigenvalue weighted by atomic mass is 10.0. The second-order valence-corrected chi connectivity index (χ2v) is 3.00. The van der Waals surface area contributed by atoms with Gasteiger partial charge in [0.2, 0.25) is 0 Å². The monoisotopic (exact) mass is 142 g/mol. The van der Waals surface area contributed by atoms with Gasteiger partial charge in [-0.1, -0.05) is 0 Å². The van der Waals surface area contributed by atoms with Crippen LogP contribution in [0.15, 0.2) is 0 Å². The summed E-state index contributed by atoms with van der Waals surface area (Å²) in [5, 5.41) is 6.81. The topological polar surface area (TPSA) is 33.3 Å². The second kappa shape index (κ2) is 2.86. The van der Waals surface area contributed by atoms with Crippen LogP contribution in [-0.2, 0) is 4.74 Å². The third-order valence-corrected chi connectivity index (χ3v) is 2.26. The van der Waals surface area contributed by atoms with Gasteiger partial charge in [0.05, 0.1) is 6.61 Å². The SMILES string of the molecule is C1CNC2CNC2COC1. The molecular formula is C7H14N2O. The van der Waals surface area contributed by atoms with Crippen molar-refractivity contribution in [1.82, 2.24) is 10.6 Å². The van der Waals surface area contributed by atoms with E-state index in [1.807, 2.05) is 0 Å². The van der Waals surface area contributed by atoms with Gasteiger partial charge in [0, 0.05) is 25.2 Å². The number of fused-ring (bicyclic) bond motifs is 1. The molecule has 0 radical (unpaired) electrons. The Bertz CT molecular complexity index is 104. The molecule has 2 aliphatic heterocycles. The number of ether oxygens (including phenoxy) is 1. The van der Waals surface area contributed by atoms with Crippen LogP contribution in [0.25, 0.3) is 0 Å². The summed E-state index contributed by atoms with van der Waals surface area (Å²) in [6.07, 6.45) is 1.16. The molecule has 3 nitrogen and oxygen atoms in total. The minimum atomic E-state index is 0.584. The maximum absolute atomic E-state index is 5.41. The molecule has 2 aliphatic rings. The van der Waals surface area contributed by atoms with E-state index in [9.17, 15) is 0 Å². The summed E-state index contributed by atoms with van der Waals surface area (Å²) in [6, 6.07) is 1.26. The quantitative estimate of drug-likeness (QED) is 0.471. The van der Waals surface area contributed by atoms with Gasteiger partial charge < -0.3 is 15.4 Å². The van der Waals surface area contributed by atoms with Crippen molar-refractivity contribution >= 4 is 0 Å². The van der Waals surface area contributed by atoms with Crippen molar-refractivity contribution in [2.75, 3.05) is 26.3 Å². The third kappa shape index (κ3) is 1.17. The van der Waals surface area contributed by atoms with Gasteiger partial charge in [-0.05, 0) is 13.0 Å². The van der Waals surface area contributed by atoms with E-state index in [2.05, 4.69) is 10.6 Å². The lowest BCUT2D eigenvalue weighted by molar-refractivity contribution is 0.0575. The molecule has 2 saturated heterocycles. The van der Waals surface area contributed by atoms with E-state index >= 15 is 0 Å². The van der Waals surface area contributed by atoms with Crippen LogP contribution in [-0.4, -0.2) is 38.4 Å². The summed E-state index contributed by atoms with van der Waals surface area (Å²) in [4.78, 5) is 0. The summed E-state index contributed by atoms with van der Waals surface area (Å²) < 4.78 is 5.41. The van der Waals surface area contributed by atoms with Gasteiger partial charge in [-0.15, -0.1) is 0 Å². The summed E-state index contributed by atoms with van der Waals surface area (Å²) in [6.45, 7) is 4.03. The van der Waals surface area contributed by atoms with Gasteiger partial charge in [-0.2, -0.15) is 0 Å². The van der Waals surface area contributed by atoms with E-state index < -0.39 is 0 Å². The standard InChI is InChI=1S/C7H14N2O/c1-2-8-6-4-9-7(6)5-10-3-1/h6-9H,1-5H2. The van der Waals surface area contributed by atoms with Crippen molar-refractivity contribution in [3.63, 3.8) is 0 Å². The van der Waals surface area contributed by atoms with E-state index in [4.69, 9.17) is 4.74 Å². The summed E-state index contributed by atoms with van der Waals surface area (Å²) in [7, 11) is 0. The first kappa shape index (κ1) is 6.58. The molecular weight excluding hydrogens is 128 g/mol. The molecule has 0 amide bonds. The van der Waals surface area contributed by atoms with Crippen LogP contribution in [0.3, 0.4) is 0 Å². The van der Waals surface area contributed by atoms with Crippen LogP contribution in [0, 0.1) is 0 Å². The van der Waals surface area contributed by atoms with Crippen molar-refractivity contribution in [3.05, 3.63) is 0 Å². The Labute approximate surface area is 61.1 Å². The van der Waals surface area contributed by atoms with Gasteiger partial charge in [0.15, 0.2) is 0 Å². The van der Waals surface area contributed by atoms with Crippen LogP contribution in [0.4, 0.5) is 0 Å². The summed E-state index contributed by atoms with van der Waals surface area (Å²) in [5.41, 5.74) is 0. The van der Waals surface area contributed by atoms with E-state index in [1.165, 1.54) is 0 Å². The van der Waals surface area contributed by atoms with Crippen molar-refractivity contribution in [2.24, 2.45) is 0 Å².